The minimum absolute atomic E-state index is 0.177. The molecule has 0 aliphatic rings. The van der Waals surface area contributed by atoms with Crippen LogP contribution in [0.15, 0.2) is 64.0 Å². The predicted octanol–water partition coefficient (Wildman–Crippen LogP) is 3.08. The van der Waals surface area contributed by atoms with Gasteiger partial charge in [0.15, 0.2) is 5.76 Å². The van der Waals surface area contributed by atoms with Crippen molar-refractivity contribution < 1.29 is 14.0 Å². The Bertz CT molecular complexity index is 1280. The quantitative estimate of drug-likeness (QED) is 0.410. The number of nitrogens with one attached hydrogen (secondary N) is 3. The molecule has 0 spiro atoms. The lowest BCUT2D eigenvalue weighted by Gasteiger charge is -2.13. The van der Waals surface area contributed by atoms with Crippen LogP contribution >= 0.6 is 11.3 Å². The number of rotatable bonds is 6. The van der Waals surface area contributed by atoms with Gasteiger partial charge in [-0.05, 0) is 43.3 Å². The van der Waals surface area contributed by atoms with E-state index >= 15 is 0 Å². The van der Waals surface area contributed by atoms with Crippen LogP contribution in [-0.2, 0) is 6.54 Å². The number of carbonyl (C=O) groups is 2. The number of para-hydroxylation sites is 1. The molecule has 0 radical (unpaired) electrons. The summed E-state index contributed by atoms with van der Waals surface area (Å²) in [4.78, 5) is 41.9. The fourth-order valence-electron chi connectivity index (χ4n) is 2.84. The Morgan fingerprint density at radius 3 is 2.70 bits per heavy atom. The Kier molecular flexibility index (Phi) is 5.31. The second-order valence-electron chi connectivity index (χ2n) is 6.18. The summed E-state index contributed by atoms with van der Waals surface area (Å²) in [5.74, 6) is -0.420. The first-order chi connectivity index (χ1) is 14.6. The van der Waals surface area contributed by atoms with Crippen molar-refractivity contribution in [3.63, 3.8) is 0 Å². The molecule has 4 aromatic rings. The van der Waals surface area contributed by atoms with Gasteiger partial charge in [0.2, 0.25) is 5.95 Å². The summed E-state index contributed by atoms with van der Waals surface area (Å²) in [5.41, 5.74) is 5.60. The molecule has 3 heterocycles. The monoisotopic (exact) mass is 423 g/mol. The molecule has 10 heteroatoms. The number of anilines is 2. The van der Waals surface area contributed by atoms with Gasteiger partial charge in [0, 0.05) is 6.54 Å². The Balaban J connectivity index is 1.47. The maximum Gasteiger partial charge on any atom is 0.291 e. The van der Waals surface area contributed by atoms with Crippen molar-refractivity contribution in [2.45, 2.75) is 13.5 Å². The van der Waals surface area contributed by atoms with E-state index in [1.807, 2.05) is 6.92 Å². The predicted molar refractivity (Wildman–Crippen MR) is 114 cm³/mol. The largest absolute Gasteiger partial charge is 0.459 e. The van der Waals surface area contributed by atoms with E-state index in [4.69, 9.17) is 4.42 Å². The van der Waals surface area contributed by atoms with E-state index in [0.29, 0.717) is 27.3 Å². The van der Waals surface area contributed by atoms with Gasteiger partial charge in [0.05, 0.1) is 27.0 Å². The topological polar surface area (TPSA) is 118 Å². The van der Waals surface area contributed by atoms with E-state index in [2.05, 4.69) is 21.2 Å². The van der Waals surface area contributed by atoms with E-state index < -0.39 is 11.8 Å². The zero-order valence-electron chi connectivity index (χ0n) is 15.8. The number of furan rings is 1. The van der Waals surface area contributed by atoms with Crippen LogP contribution in [-0.4, -0.2) is 21.4 Å². The maximum atomic E-state index is 12.6. The SMILES string of the molecule is CCn1c(NNC(=O)c2ccc(NC(=O)c3ccco3)s2)nc2ccccc2c1=O. The highest BCUT2D eigenvalue weighted by Crippen LogP contribution is 2.22. The molecule has 0 aliphatic heterocycles. The molecule has 30 heavy (non-hydrogen) atoms. The van der Waals surface area contributed by atoms with Crippen LogP contribution in [0.25, 0.3) is 10.9 Å². The van der Waals surface area contributed by atoms with Crippen LogP contribution < -0.4 is 21.7 Å². The van der Waals surface area contributed by atoms with Gasteiger partial charge in [0.25, 0.3) is 17.4 Å². The average molecular weight is 423 g/mol. The molecule has 0 saturated heterocycles. The molecule has 0 atom stereocenters. The summed E-state index contributed by atoms with van der Waals surface area (Å²) in [6, 6.07) is 13.4. The number of aromatic nitrogens is 2. The minimum Gasteiger partial charge on any atom is -0.459 e. The Labute approximate surface area is 174 Å². The van der Waals surface area contributed by atoms with Gasteiger partial charge < -0.3 is 9.73 Å². The summed E-state index contributed by atoms with van der Waals surface area (Å²) < 4.78 is 6.48. The van der Waals surface area contributed by atoms with Crippen LogP contribution in [0.3, 0.4) is 0 Å². The molecule has 0 bridgehead atoms. The molecule has 0 saturated carbocycles. The number of hydrazine groups is 1. The summed E-state index contributed by atoms with van der Waals surface area (Å²) >= 11 is 1.10. The minimum atomic E-state index is -0.427. The van der Waals surface area contributed by atoms with Crippen LogP contribution in [0.1, 0.15) is 27.2 Å². The summed E-state index contributed by atoms with van der Waals surface area (Å²) in [6.45, 7) is 2.20. The first kappa shape index (κ1) is 19.4. The lowest BCUT2D eigenvalue weighted by atomic mass is 10.2. The average Bonchev–Trinajstić information content (AvgIpc) is 3.44. The van der Waals surface area contributed by atoms with E-state index in [1.54, 1.807) is 48.5 Å². The van der Waals surface area contributed by atoms with Crippen molar-refractivity contribution in [1.82, 2.24) is 15.0 Å². The summed E-state index contributed by atoms with van der Waals surface area (Å²) in [6.07, 6.45) is 1.41. The first-order valence-corrected chi connectivity index (χ1v) is 9.89. The first-order valence-electron chi connectivity index (χ1n) is 9.07. The van der Waals surface area contributed by atoms with Gasteiger partial charge in [-0.25, -0.2) is 4.98 Å². The van der Waals surface area contributed by atoms with Crippen LogP contribution in [0.2, 0.25) is 0 Å². The molecule has 3 aromatic heterocycles. The maximum absolute atomic E-state index is 12.6. The third kappa shape index (κ3) is 3.80. The van der Waals surface area contributed by atoms with Crippen LogP contribution in [0, 0.1) is 0 Å². The normalized spacial score (nSPS) is 10.7. The molecular weight excluding hydrogens is 406 g/mol. The molecule has 152 valence electrons. The Hall–Kier alpha value is -3.92. The highest BCUT2D eigenvalue weighted by atomic mass is 32.1. The number of amides is 2. The van der Waals surface area contributed by atoms with Crippen LogP contribution in [0.5, 0.6) is 0 Å². The van der Waals surface area contributed by atoms with E-state index in [-0.39, 0.29) is 17.3 Å². The lowest BCUT2D eigenvalue weighted by molar-refractivity contribution is 0.0964. The highest BCUT2D eigenvalue weighted by molar-refractivity contribution is 7.18. The smallest absolute Gasteiger partial charge is 0.291 e. The van der Waals surface area contributed by atoms with Crippen LogP contribution in [0.4, 0.5) is 10.9 Å². The molecule has 0 fully saturated rings. The number of hydrogen-bond acceptors (Lipinski definition) is 7. The second kappa shape index (κ2) is 8.21. The fraction of sp³-hybridized carbons (Fsp3) is 0.100. The van der Waals surface area contributed by atoms with Gasteiger partial charge >= 0.3 is 0 Å². The highest BCUT2D eigenvalue weighted by Gasteiger charge is 2.15. The summed E-state index contributed by atoms with van der Waals surface area (Å²) in [5, 5.41) is 3.67. The molecule has 0 aliphatic carbocycles. The van der Waals surface area contributed by atoms with E-state index in [1.165, 1.54) is 10.8 Å². The van der Waals surface area contributed by atoms with Gasteiger partial charge in [0.1, 0.15) is 0 Å². The third-order valence-electron chi connectivity index (χ3n) is 4.28. The molecule has 9 nitrogen and oxygen atoms in total. The Morgan fingerprint density at radius 1 is 1.10 bits per heavy atom. The van der Waals surface area contributed by atoms with Crippen molar-refractivity contribution in [2.24, 2.45) is 0 Å². The number of fused-ring (bicyclic) bond motifs is 1. The number of hydrogen-bond donors (Lipinski definition) is 3. The number of carbonyl (C=O) groups excluding carboxylic acids is 2. The third-order valence-corrected chi connectivity index (χ3v) is 5.28. The molecule has 2 amide bonds. The molecule has 0 unspecified atom stereocenters. The lowest BCUT2D eigenvalue weighted by Crippen LogP contribution is -2.34. The molecule has 1 aromatic carbocycles. The molecule has 4 rings (SSSR count). The molecule has 3 N–H and O–H groups in total. The van der Waals surface area contributed by atoms with Crippen molar-refractivity contribution >= 4 is 45.0 Å². The van der Waals surface area contributed by atoms with Gasteiger partial charge in [-0.2, -0.15) is 0 Å². The fourth-order valence-corrected chi connectivity index (χ4v) is 3.64. The van der Waals surface area contributed by atoms with E-state index in [0.717, 1.165) is 11.3 Å². The zero-order chi connectivity index (χ0) is 21.1. The second-order valence-corrected chi connectivity index (χ2v) is 7.26. The number of nitrogens with zero attached hydrogens (tertiary/aromatic N) is 2. The number of thiophene rings is 1. The van der Waals surface area contributed by atoms with Crippen molar-refractivity contribution in [2.75, 3.05) is 10.7 Å². The van der Waals surface area contributed by atoms with Crippen molar-refractivity contribution in [1.29, 1.82) is 0 Å². The van der Waals surface area contributed by atoms with E-state index in [9.17, 15) is 14.4 Å². The van der Waals surface area contributed by atoms with Crippen molar-refractivity contribution in [3.8, 4) is 0 Å². The van der Waals surface area contributed by atoms with Crippen molar-refractivity contribution in [3.05, 3.63) is 75.8 Å². The molecular formula is C20H17N5O4S. The van der Waals surface area contributed by atoms with Gasteiger partial charge in [-0.15, -0.1) is 11.3 Å². The summed E-state index contributed by atoms with van der Waals surface area (Å²) in [7, 11) is 0. The zero-order valence-corrected chi connectivity index (χ0v) is 16.7. The standard InChI is InChI=1S/C20H17N5O4S/c1-2-25-19(28)12-6-3-4-7-13(12)21-20(25)24-23-18(27)15-9-10-16(30-15)22-17(26)14-8-5-11-29-14/h3-11H,2H2,1H3,(H,21,24)(H,22,26)(H,23,27). The number of benzene rings is 1. The Morgan fingerprint density at radius 2 is 1.93 bits per heavy atom. The van der Waals surface area contributed by atoms with Gasteiger partial charge in [-0.3, -0.25) is 29.8 Å². The van der Waals surface area contributed by atoms with Gasteiger partial charge in [-0.1, -0.05) is 12.1 Å².